The van der Waals surface area contributed by atoms with E-state index in [1.807, 2.05) is 0 Å². The number of rotatable bonds is 2. The van der Waals surface area contributed by atoms with Crippen LogP contribution in [0.2, 0.25) is 0 Å². The number of carbonyl (C=O) groups is 2. The minimum Gasteiger partial charge on any atom is -0.453 e. The number of ether oxygens (including phenoxy) is 1. The number of methoxy groups -OCH3 is 1. The third kappa shape index (κ3) is 2.16. The number of carbonyl (C=O) groups excluding carboxylic acids is 2. The number of nitrogens with zero attached hydrogens (tertiary/aromatic N) is 2. The van der Waals surface area contributed by atoms with Crippen LogP contribution in [-0.4, -0.2) is 35.7 Å². The lowest BCUT2D eigenvalue weighted by Crippen LogP contribution is -2.21. The molecule has 7 nitrogen and oxygen atoms in total. The van der Waals surface area contributed by atoms with Gasteiger partial charge in [-0.1, -0.05) is 4.49 Å². The highest BCUT2D eigenvalue weighted by atomic mass is 32.1. The van der Waals surface area contributed by atoms with Crippen molar-refractivity contribution >= 4 is 28.5 Å². The molecule has 0 fully saturated rings. The Morgan fingerprint density at radius 2 is 2.21 bits per heavy atom. The van der Waals surface area contributed by atoms with Crippen molar-refractivity contribution in [1.29, 1.82) is 0 Å². The van der Waals surface area contributed by atoms with Crippen LogP contribution in [0.25, 0.3) is 0 Å². The summed E-state index contributed by atoms with van der Waals surface area (Å²) in [7, 11) is 2.69. The third-order valence-corrected chi connectivity index (χ3v) is 1.97. The molecule has 0 aromatic carbocycles. The van der Waals surface area contributed by atoms with E-state index in [1.165, 1.54) is 14.2 Å². The number of hydrogen-bond acceptors (Lipinski definition) is 6. The summed E-state index contributed by atoms with van der Waals surface area (Å²) in [5.74, 6) is -0.412. The Morgan fingerprint density at radius 1 is 1.50 bits per heavy atom. The summed E-state index contributed by atoms with van der Waals surface area (Å²) in [6, 6.07) is 0. The molecule has 0 aliphatic carbocycles. The standard InChI is InChI=1S/C6H8N4O3S/c1-7-4(11)3-5(14-10-9-3)8-6(12)13-2/h1-2H3,(H,7,11)(H,8,12). The fraction of sp³-hybridized carbons (Fsp3) is 0.333. The fourth-order valence-electron chi connectivity index (χ4n) is 0.683. The van der Waals surface area contributed by atoms with Crippen LogP contribution < -0.4 is 10.6 Å². The van der Waals surface area contributed by atoms with Crippen molar-refractivity contribution in [3.63, 3.8) is 0 Å². The van der Waals surface area contributed by atoms with Gasteiger partial charge in [0, 0.05) is 18.6 Å². The van der Waals surface area contributed by atoms with E-state index in [1.54, 1.807) is 0 Å². The first kappa shape index (κ1) is 10.4. The SMILES string of the molecule is CNC(=O)c1nnsc1NC(=O)OC. The third-order valence-electron chi connectivity index (χ3n) is 1.33. The van der Waals surface area contributed by atoms with Crippen LogP contribution in [-0.2, 0) is 4.74 Å². The monoisotopic (exact) mass is 216 g/mol. The summed E-state index contributed by atoms with van der Waals surface area (Å²) in [5, 5.41) is 8.52. The highest BCUT2D eigenvalue weighted by Gasteiger charge is 2.16. The molecule has 0 saturated carbocycles. The van der Waals surface area contributed by atoms with Crippen molar-refractivity contribution in [2.45, 2.75) is 0 Å². The predicted octanol–water partition coefficient (Wildman–Crippen LogP) is 0.0760. The van der Waals surface area contributed by atoms with Crippen LogP contribution in [0, 0.1) is 0 Å². The average Bonchev–Trinajstić information content (AvgIpc) is 2.64. The quantitative estimate of drug-likeness (QED) is 0.730. The smallest absolute Gasteiger partial charge is 0.412 e. The summed E-state index contributed by atoms with van der Waals surface area (Å²) in [5.41, 5.74) is 0.0721. The first-order valence-corrected chi connectivity index (χ1v) is 4.35. The average molecular weight is 216 g/mol. The Morgan fingerprint density at radius 3 is 2.79 bits per heavy atom. The lowest BCUT2D eigenvalue weighted by molar-refractivity contribution is 0.0959. The van der Waals surface area contributed by atoms with Gasteiger partial charge in [-0.05, 0) is 0 Å². The van der Waals surface area contributed by atoms with E-state index in [2.05, 4.69) is 25.0 Å². The van der Waals surface area contributed by atoms with Crippen molar-refractivity contribution in [2.24, 2.45) is 0 Å². The molecule has 0 aliphatic heterocycles. The molecule has 2 amide bonds. The minimum atomic E-state index is -0.666. The van der Waals surface area contributed by atoms with E-state index in [0.29, 0.717) is 0 Å². The van der Waals surface area contributed by atoms with E-state index < -0.39 is 12.0 Å². The Labute approximate surface area is 83.6 Å². The molecule has 0 radical (unpaired) electrons. The molecular weight excluding hydrogens is 208 g/mol. The molecule has 76 valence electrons. The first-order valence-electron chi connectivity index (χ1n) is 3.58. The van der Waals surface area contributed by atoms with Gasteiger partial charge in [-0.3, -0.25) is 10.1 Å². The van der Waals surface area contributed by atoms with Crippen molar-refractivity contribution < 1.29 is 14.3 Å². The molecule has 0 spiro atoms. The van der Waals surface area contributed by atoms with Gasteiger partial charge in [0.05, 0.1) is 7.11 Å². The zero-order chi connectivity index (χ0) is 10.6. The maximum Gasteiger partial charge on any atom is 0.412 e. The van der Waals surface area contributed by atoms with Crippen LogP contribution in [0.4, 0.5) is 9.80 Å². The molecular formula is C6H8N4O3S. The summed E-state index contributed by atoms with van der Waals surface area (Å²) in [6.45, 7) is 0. The van der Waals surface area contributed by atoms with Gasteiger partial charge in [0.1, 0.15) is 0 Å². The van der Waals surface area contributed by atoms with E-state index in [-0.39, 0.29) is 10.7 Å². The van der Waals surface area contributed by atoms with E-state index in [4.69, 9.17) is 0 Å². The Hall–Kier alpha value is -1.70. The summed E-state index contributed by atoms with van der Waals surface area (Å²) < 4.78 is 7.90. The van der Waals surface area contributed by atoms with Gasteiger partial charge in [-0.25, -0.2) is 4.79 Å². The molecule has 8 heteroatoms. The summed E-state index contributed by atoms with van der Waals surface area (Å²) in [4.78, 5) is 22.0. The topological polar surface area (TPSA) is 93.2 Å². The highest BCUT2D eigenvalue weighted by Crippen LogP contribution is 2.17. The lowest BCUT2D eigenvalue weighted by Gasteiger charge is -2.00. The molecule has 1 heterocycles. The van der Waals surface area contributed by atoms with Crippen molar-refractivity contribution in [2.75, 3.05) is 19.5 Å². The second-order valence-corrected chi connectivity index (χ2v) is 2.90. The summed E-state index contributed by atoms with van der Waals surface area (Å²) >= 11 is 0.903. The van der Waals surface area contributed by atoms with Gasteiger partial charge in [-0.15, -0.1) is 5.10 Å². The highest BCUT2D eigenvalue weighted by molar-refractivity contribution is 7.10. The lowest BCUT2D eigenvalue weighted by atomic mass is 10.4. The van der Waals surface area contributed by atoms with Gasteiger partial charge in [0.25, 0.3) is 5.91 Å². The molecule has 0 unspecified atom stereocenters. The second-order valence-electron chi connectivity index (χ2n) is 2.15. The Bertz CT molecular complexity index is 351. The maximum atomic E-state index is 11.2. The zero-order valence-corrected chi connectivity index (χ0v) is 8.34. The van der Waals surface area contributed by atoms with Crippen molar-refractivity contribution in [3.05, 3.63) is 5.69 Å². The van der Waals surface area contributed by atoms with E-state index >= 15 is 0 Å². The molecule has 0 aliphatic rings. The van der Waals surface area contributed by atoms with Gasteiger partial charge in [0.15, 0.2) is 10.7 Å². The van der Waals surface area contributed by atoms with Gasteiger partial charge >= 0.3 is 6.09 Å². The molecule has 1 aromatic heterocycles. The molecule has 0 atom stereocenters. The van der Waals surface area contributed by atoms with Gasteiger partial charge < -0.3 is 10.1 Å². The number of amides is 2. The van der Waals surface area contributed by atoms with E-state index in [0.717, 1.165) is 11.5 Å². The fourth-order valence-corrected chi connectivity index (χ4v) is 1.24. The zero-order valence-electron chi connectivity index (χ0n) is 7.53. The Balaban J connectivity index is 2.82. The maximum absolute atomic E-state index is 11.2. The van der Waals surface area contributed by atoms with E-state index in [9.17, 15) is 9.59 Å². The van der Waals surface area contributed by atoms with Gasteiger partial charge in [-0.2, -0.15) is 0 Å². The van der Waals surface area contributed by atoms with Crippen LogP contribution in [0.15, 0.2) is 0 Å². The van der Waals surface area contributed by atoms with Crippen LogP contribution in [0.3, 0.4) is 0 Å². The number of anilines is 1. The number of hydrogen-bond donors (Lipinski definition) is 2. The molecule has 1 rings (SSSR count). The molecule has 1 aromatic rings. The minimum absolute atomic E-state index is 0.0721. The normalized spacial score (nSPS) is 9.29. The summed E-state index contributed by atoms with van der Waals surface area (Å²) in [6.07, 6.45) is -0.666. The van der Waals surface area contributed by atoms with Gasteiger partial charge in [0.2, 0.25) is 0 Å². The molecule has 0 bridgehead atoms. The van der Waals surface area contributed by atoms with Crippen LogP contribution >= 0.6 is 11.5 Å². The number of aromatic nitrogens is 2. The van der Waals surface area contributed by atoms with Crippen molar-refractivity contribution in [1.82, 2.24) is 14.9 Å². The second kappa shape index (κ2) is 4.51. The largest absolute Gasteiger partial charge is 0.453 e. The van der Waals surface area contributed by atoms with Crippen molar-refractivity contribution in [3.8, 4) is 0 Å². The molecule has 0 saturated heterocycles. The Kier molecular flexibility index (Phi) is 3.35. The number of nitrogens with one attached hydrogen (secondary N) is 2. The van der Waals surface area contributed by atoms with Crippen LogP contribution in [0.5, 0.6) is 0 Å². The first-order chi connectivity index (χ1) is 6.69. The van der Waals surface area contributed by atoms with Crippen LogP contribution in [0.1, 0.15) is 10.5 Å². The molecule has 14 heavy (non-hydrogen) atoms. The molecule has 2 N–H and O–H groups in total. The predicted molar refractivity (Wildman–Crippen MR) is 49.3 cm³/mol.